The lowest BCUT2D eigenvalue weighted by Gasteiger charge is -2.08. The van der Waals surface area contributed by atoms with Gasteiger partial charge in [-0.05, 0) is 42.0 Å². The molecule has 0 aliphatic rings. The molecule has 0 saturated heterocycles. The van der Waals surface area contributed by atoms with Crippen LogP contribution in [0.5, 0.6) is 5.75 Å². The van der Waals surface area contributed by atoms with Crippen molar-refractivity contribution in [2.75, 3.05) is 11.9 Å². The molecule has 23 heavy (non-hydrogen) atoms. The fraction of sp³-hybridized carbons (Fsp3) is 0.176. The molecule has 0 spiro atoms. The Morgan fingerprint density at radius 1 is 1.13 bits per heavy atom. The van der Waals surface area contributed by atoms with Crippen molar-refractivity contribution in [3.05, 3.63) is 59.1 Å². The topological polar surface area (TPSA) is 67.4 Å². The highest BCUT2D eigenvalue weighted by Crippen LogP contribution is 2.15. The van der Waals surface area contributed by atoms with E-state index in [4.69, 9.17) is 16.3 Å². The minimum Gasteiger partial charge on any atom is -0.484 e. The maximum Gasteiger partial charge on any atom is 0.258 e. The van der Waals surface area contributed by atoms with Gasteiger partial charge in [0.05, 0.1) is 0 Å². The Kier molecular flexibility index (Phi) is 6.00. The third-order valence-electron chi connectivity index (χ3n) is 2.92. The number of benzene rings is 2. The molecule has 2 amide bonds. The Morgan fingerprint density at radius 3 is 2.52 bits per heavy atom. The predicted molar refractivity (Wildman–Crippen MR) is 89.5 cm³/mol. The Bertz CT molecular complexity index is 686. The molecular formula is C17H17ClN2O3. The highest BCUT2D eigenvalue weighted by Gasteiger charge is 2.04. The van der Waals surface area contributed by atoms with Crippen LogP contribution in [0.25, 0.3) is 0 Å². The van der Waals surface area contributed by atoms with Gasteiger partial charge in [-0.2, -0.15) is 0 Å². The molecule has 0 unspecified atom stereocenters. The first-order valence-corrected chi connectivity index (χ1v) is 7.42. The molecule has 0 bridgehead atoms. The average Bonchev–Trinajstić information content (AvgIpc) is 2.52. The van der Waals surface area contributed by atoms with Crippen LogP contribution in [0.15, 0.2) is 48.5 Å². The van der Waals surface area contributed by atoms with Gasteiger partial charge in [-0.15, -0.1) is 0 Å². The van der Waals surface area contributed by atoms with E-state index >= 15 is 0 Å². The van der Waals surface area contributed by atoms with Gasteiger partial charge in [0.25, 0.3) is 5.91 Å². The maximum atomic E-state index is 11.8. The van der Waals surface area contributed by atoms with Crippen LogP contribution in [0.2, 0.25) is 5.02 Å². The van der Waals surface area contributed by atoms with Gasteiger partial charge in [0.2, 0.25) is 5.91 Å². The summed E-state index contributed by atoms with van der Waals surface area (Å²) >= 11 is 5.88. The highest BCUT2D eigenvalue weighted by atomic mass is 35.5. The number of rotatable bonds is 6. The molecule has 0 fully saturated rings. The van der Waals surface area contributed by atoms with Gasteiger partial charge in [-0.3, -0.25) is 9.59 Å². The molecule has 6 heteroatoms. The fourth-order valence-corrected chi connectivity index (χ4v) is 2.10. The van der Waals surface area contributed by atoms with E-state index in [1.54, 1.807) is 36.4 Å². The summed E-state index contributed by atoms with van der Waals surface area (Å²) in [5.74, 6) is 0.187. The van der Waals surface area contributed by atoms with Gasteiger partial charge in [-0.1, -0.05) is 23.7 Å². The first-order chi connectivity index (χ1) is 11.0. The second kappa shape index (κ2) is 8.19. The second-order valence-electron chi connectivity index (χ2n) is 4.90. The molecule has 120 valence electrons. The molecule has 2 aromatic rings. The van der Waals surface area contributed by atoms with E-state index in [9.17, 15) is 9.59 Å². The minimum atomic E-state index is -0.226. The Labute approximate surface area is 139 Å². The molecule has 0 aliphatic heterocycles. The molecule has 0 heterocycles. The van der Waals surface area contributed by atoms with Crippen molar-refractivity contribution in [3.8, 4) is 5.75 Å². The van der Waals surface area contributed by atoms with E-state index in [1.807, 2.05) is 12.1 Å². The zero-order valence-electron chi connectivity index (χ0n) is 12.6. The summed E-state index contributed by atoms with van der Waals surface area (Å²) in [5, 5.41) is 6.04. The van der Waals surface area contributed by atoms with E-state index in [2.05, 4.69) is 10.6 Å². The molecule has 0 saturated carbocycles. The van der Waals surface area contributed by atoms with Gasteiger partial charge in [-0.25, -0.2) is 0 Å². The van der Waals surface area contributed by atoms with Gasteiger partial charge in [0.15, 0.2) is 6.61 Å². The van der Waals surface area contributed by atoms with E-state index < -0.39 is 0 Å². The first kappa shape index (κ1) is 16.8. The highest BCUT2D eigenvalue weighted by molar-refractivity contribution is 6.30. The maximum absolute atomic E-state index is 11.8. The summed E-state index contributed by atoms with van der Waals surface area (Å²) in [6, 6.07) is 14.1. The van der Waals surface area contributed by atoms with Crippen LogP contribution < -0.4 is 15.4 Å². The average molecular weight is 333 g/mol. The van der Waals surface area contributed by atoms with Crippen molar-refractivity contribution >= 4 is 29.1 Å². The normalized spacial score (nSPS) is 10.0. The van der Waals surface area contributed by atoms with Crippen LogP contribution in [-0.4, -0.2) is 18.4 Å². The molecule has 5 nitrogen and oxygen atoms in total. The number of halogens is 1. The van der Waals surface area contributed by atoms with Crippen molar-refractivity contribution in [1.82, 2.24) is 5.32 Å². The summed E-state index contributed by atoms with van der Waals surface area (Å²) in [6.07, 6.45) is 0. The minimum absolute atomic E-state index is 0.0833. The van der Waals surface area contributed by atoms with E-state index in [0.29, 0.717) is 23.0 Å². The van der Waals surface area contributed by atoms with Crippen LogP contribution in [0.4, 0.5) is 5.69 Å². The van der Waals surface area contributed by atoms with Crippen LogP contribution >= 0.6 is 11.6 Å². The number of hydrogen-bond acceptors (Lipinski definition) is 3. The van der Waals surface area contributed by atoms with Crippen LogP contribution in [-0.2, 0) is 16.1 Å². The summed E-state index contributed by atoms with van der Waals surface area (Å²) in [5.41, 5.74) is 1.60. The van der Waals surface area contributed by atoms with E-state index in [0.717, 1.165) is 5.56 Å². The predicted octanol–water partition coefficient (Wildman–Crippen LogP) is 2.99. The van der Waals surface area contributed by atoms with Crippen LogP contribution in [0.1, 0.15) is 12.5 Å². The monoisotopic (exact) mass is 332 g/mol. The number of anilines is 1. The number of nitrogens with one attached hydrogen (secondary N) is 2. The van der Waals surface area contributed by atoms with Crippen molar-refractivity contribution in [1.29, 1.82) is 0 Å². The van der Waals surface area contributed by atoms with Gasteiger partial charge in [0.1, 0.15) is 5.75 Å². The lowest BCUT2D eigenvalue weighted by atomic mass is 10.2. The largest absolute Gasteiger partial charge is 0.484 e. The molecule has 2 aromatic carbocycles. The summed E-state index contributed by atoms with van der Waals surface area (Å²) < 4.78 is 5.39. The number of hydrogen-bond donors (Lipinski definition) is 2. The molecule has 2 rings (SSSR count). The Morgan fingerprint density at radius 2 is 1.87 bits per heavy atom. The fourth-order valence-electron chi connectivity index (χ4n) is 1.89. The molecule has 0 radical (unpaired) electrons. The number of carbonyl (C=O) groups is 2. The van der Waals surface area contributed by atoms with Crippen molar-refractivity contribution in [3.63, 3.8) is 0 Å². The SMILES string of the molecule is CC(=O)Nc1ccc(OCC(=O)NCc2cccc(Cl)c2)cc1. The standard InChI is InChI=1S/C17H17ClN2O3/c1-12(21)20-15-5-7-16(8-6-15)23-11-17(22)19-10-13-3-2-4-14(18)9-13/h2-9H,10-11H2,1H3,(H,19,22)(H,20,21). The van der Waals surface area contributed by atoms with Gasteiger partial charge < -0.3 is 15.4 Å². The Balaban J connectivity index is 1.76. The smallest absolute Gasteiger partial charge is 0.258 e. The van der Waals surface area contributed by atoms with Crippen LogP contribution in [0, 0.1) is 0 Å². The Hall–Kier alpha value is -2.53. The van der Waals surface area contributed by atoms with E-state index in [-0.39, 0.29) is 18.4 Å². The molecule has 0 atom stereocenters. The van der Waals surface area contributed by atoms with Crippen molar-refractivity contribution < 1.29 is 14.3 Å². The van der Waals surface area contributed by atoms with Gasteiger partial charge in [0, 0.05) is 24.2 Å². The molecule has 0 aliphatic carbocycles. The van der Waals surface area contributed by atoms with Crippen LogP contribution in [0.3, 0.4) is 0 Å². The second-order valence-corrected chi connectivity index (χ2v) is 5.34. The lowest BCUT2D eigenvalue weighted by Crippen LogP contribution is -2.28. The number of ether oxygens (including phenoxy) is 1. The zero-order chi connectivity index (χ0) is 16.7. The third kappa shape index (κ3) is 6.00. The summed E-state index contributed by atoms with van der Waals surface area (Å²) in [6.45, 7) is 1.75. The number of amides is 2. The van der Waals surface area contributed by atoms with E-state index in [1.165, 1.54) is 6.92 Å². The van der Waals surface area contributed by atoms with Gasteiger partial charge >= 0.3 is 0 Å². The third-order valence-corrected chi connectivity index (χ3v) is 3.16. The summed E-state index contributed by atoms with van der Waals surface area (Å²) in [4.78, 5) is 22.7. The molecule has 0 aromatic heterocycles. The first-order valence-electron chi connectivity index (χ1n) is 7.04. The lowest BCUT2D eigenvalue weighted by molar-refractivity contribution is -0.123. The van der Waals surface area contributed by atoms with Crippen molar-refractivity contribution in [2.24, 2.45) is 0 Å². The van der Waals surface area contributed by atoms with Crippen molar-refractivity contribution in [2.45, 2.75) is 13.5 Å². The quantitative estimate of drug-likeness (QED) is 0.854. The zero-order valence-corrected chi connectivity index (χ0v) is 13.4. The summed E-state index contributed by atoms with van der Waals surface area (Å²) in [7, 11) is 0. The molecular weight excluding hydrogens is 316 g/mol. The number of carbonyl (C=O) groups excluding carboxylic acids is 2. The molecule has 2 N–H and O–H groups in total.